The summed E-state index contributed by atoms with van der Waals surface area (Å²) in [6.45, 7) is 2.66. The highest BCUT2D eigenvalue weighted by Gasteiger charge is 2.05. The molecule has 1 rings (SSSR count). The van der Waals surface area contributed by atoms with E-state index in [9.17, 15) is 4.39 Å². The minimum atomic E-state index is -0.233. The molecular weight excluding hydrogens is 207 g/mol. The molecule has 0 radical (unpaired) electrons. The van der Waals surface area contributed by atoms with Crippen LogP contribution in [-0.2, 0) is 17.8 Å². The number of rotatable bonds is 6. The van der Waals surface area contributed by atoms with Gasteiger partial charge in [0.15, 0.2) is 0 Å². The molecule has 0 amide bonds. The number of nitrogens with two attached hydrogens (primary N) is 1. The van der Waals surface area contributed by atoms with E-state index in [1.54, 1.807) is 13.2 Å². The first-order valence-corrected chi connectivity index (χ1v) is 5.32. The summed E-state index contributed by atoms with van der Waals surface area (Å²) < 4.78 is 18.0. The average Bonchev–Trinajstić information content (AvgIpc) is 2.28. The summed E-state index contributed by atoms with van der Waals surface area (Å²) in [6.07, 6.45) is 0. The summed E-state index contributed by atoms with van der Waals surface area (Å²) in [5.41, 5.74) is 7.52. The van der Waals surface area contributed by atoms with Crippen LogP contribution in [0, 0.1) is 5.82 Å². The minimum absolute atomic E-state index is 0.233. The normalized spacial score (nSPS) is 11.1. The van der Waals surface area contributed by atoms with Crippen LogP contribution in [0.5, 0.6) is 0 Å². The molecule has 0 bridgehead atoms. The van der Waals surface area contributed by atoms with Crippen LogP contribution in [0.15, 0.2) is 18.2 Å². The first-order valence-electron chi connectivity index (χ1n) is 5.32. The molecular formula is C12H19FN2O. The van der Waals surface area contributed by atoms with Gasteiger partial charge in [0.25, 0.3) is 0 Å². The predicted molar refractivity (Wildman–Crippen MR) is 62.5 cm³/mol. The maximum Gasteiger partial charge on any atom is 0.123 e. The molecule has 4 heteroatoms. The summed E-state index contributed by atoms with van der Waals surface area (Å²) >= 11 is 0. The molecule has 0 unspecified atom stereocenters. The van der Waals surface area contributed by atoms with Gasteiger partial charge in [-0.1, -0.05) is 6.07 Å². The van der Waals surface area contributed by atoms with E-state index in [0.717, 1.165) is 24.2 Å². The molecule has 16 heavy (non-hydrogen) atoms. The molecule has 0 aliphatic heterocycles. The topological polar surface area (TPSA) is 38.5 Å². The van der Waals surface area contributed by atoms with Crippen molar-refractivity contribution in [1.29, 1.82) is 0 Å². The van der Waals surface area contributed by atoms with Crippen molar-refractivity contribution in [3.63, 3.8) is 0 Å². The van der Waals surface area contributed by atoms with E-state index >= 15 is 0 Å². The Morgan fingerprint density at radius 2 is 2.12 bits per heavy atom. The lowest BCUT2D eigenvalue weighted by molar-refractivity contribution is 0.158. The van der Waals surface area contributed by atoms with E-state index in [4.69, 9.17) is 10.5 Å². The van der Waals surface area contributed by atoms with E-state index in [0.29, 0.717) is 13.2 Å². The van der Waals surface area contributed by atoms with Gasteiger partial charge >= 0.3 is 0 Å². The Labute approximate surface area is 96.0 Å². The van der Waals surface area contributed by atoms with Crippen LogP contribution in [0.3, 0.4) is 0 Å². The third kappa shape index (κ3) is 3.89. The van der Waals surface area contributed by atoms with Crippen LogP contribution in [0.1, 0.15) is 11.1 Å². The number of likely N-dealkylation sites (N-methyl/N-ethyl adjacent to an activating group) is 1. The Morgan fingerprint density at radius 3 is 2.75 bits per heavy atom. The molecule has 0 atom stereocenters. The number of nitrogens with zero attached hydrogens (tertiary/aromatic N) is 1. The smallest absolute Gasteiger partial charge is 0.123 e. The van der Waals surface area contributed by atoms with E-state index < -0.39 is 0 Å². The largest absolute Gasteiger partial charge is 0.383 e. The van der Waals surface area contributed by atoms with Gasteiger partial charge in [-0.3, -0.25) is 4.90 Å². The maximum atomic E-state index is 13.0. The van der Waals surface area contributed by atoms with Gasteiger partial charge in [0.1, 0.15) is 5.82 Å². The highest BCUT2D eigenvalue weighted by atomic mass is 19.1. The molecule has 0 fully saturated rings. The van der Waals surface area contributed by atoms with Gasteiger partial charge in [-0.2, -0.15) is 0 Å². The lowest BCUT2D eigenvalue weighted by atomic mass is 10.1. The van der Waals surface area contributed by atoms with E-state index in [1.807, 2.05) is 7.05 Å². The van der Waals surface area contributed by atoms with Gasteiger partial charge in [0.2, 0.25) is 0 Å². The molecule has 0 heterocycles. The van der Waals surface area contributed by atoms with Gasteiger partial charge in [-0.05, 0) is 30.3 Å². The van der Waals surface area contributed by atoms with Gasteiger partial charge in [0, 0.05) is 26.7 Å². The monoisotopic (exact) mass is 226 g/mol. The highest BCUT2D eigenvalue weighted by Crippen LogP contribution is 2.12. The van der Waals surface area contributed by atoms with Crippen molar-refractivity contribution in [3.05, 3.63) is 35.1 Å². The maximum absolute atomic E-state index is 13.0. The number of ether oxygens (including phenoxy) is 1. The number of methoxy groups -OCH3 is 1. The molecule has 0 saturated carbocycles. The Hall–Kier alpha value is -0.970. The Balaban J connectivity index is 2.65. The molecule has 90 valence electrons. The van der Waals surface area contributed by atoms with Crippen LogP contribution in [0.25, 0.3) is 0 Å². The SMILES string of the molecule is COCCN(C)Cc1ccc(F)cc1CN. The first-order chi connectivity index (χ1) is 7.67. The fourth-order valence-electron chi connectivity index (χ4n) is 1.56. The zero-order chi connectivity index (χ0) is 12.0. The van der Waals surface area contributed by atoms with E-state index in [2.05, 4.69) is 4.90 Å². The molecule has 1 aromatic rings. The van der Waals surface area contributed by atoms with Crippen LogP contribution in [0.4, 0.5) is 4.39 Å². The lowest BCUT2D eigenvalue weighted by Gasteiger charge is -2.18. The minimum Gasteiger partial charge on any atom is -0.383 e. The zero-order valence-electron chi connectivity index (χ0n) is 9.87. The van der Waals surface area contributed by atoms with Crippen LogP contribution < -0.4 is 5.73 Å². The van der Waals surface area contributed by atoms with Crippen molar-refractivity contribution >= 4 is 0 Å². The predicted octanol–water partition coefficient (Wildman–Crippen LogP) is 1.36. The van der Waals surface area contributed by atoms with Gasteiger partial charge < -0.3 is 10.5 Å². The standard InChI is InChI=1S/C12H19FN2O/c1-15(5-6-16-2)9-10-3-4-12(13)7-11(10)8-14/h3-4,7H,5-6,8-9,14H2,1-2H3. The summed E-state index contributed by atoms with van der Waals surface area (Å²) in [7, 11) is 3.68. The quantitative estimate of drug-likeness (QED) is 0.796. The molecule has 0 spiro atoms. The Morgan fingerprint density at radius 1 is 1.38 bits per heavy atom. The fourth-order valence-corrected chi connectivity index (χ4v) is 1.56. The summed E-state index contributed by atoms with van der Waals surface area (Å²) in [5, 5.41) is 0. The van der Waals surface area contributed by atoms with Gasteiger partial charge in [0.05, 0.1) is 6.61 Å². The summed E-state index contributed by atoms with van der Waals surface area (Å²) in [5.74, 6) is -0.233. The fraction of sp³-hybridized carbons (Fsp3) is 0.500. The second-order valence-electron chi connectivity index (χ2n) is 3.85. The summed E-state index contributed by atoms with van der Waals surface area (Å²) in [6, 6.07) is 4.76. The number of benzene rings is 1. The Bertz CT molecular complexity index is 331. The van der Waals surface area contributed by atoms with E-state index in [1.165, 1.54) is 12.1 Å². The number of hydrogen-bond donors (Lipinski definition) is 1. The number of halogens is 1. The van der Waals surface area contributed by atoms with Crippen LogP contribution in [-0.4, -0.2) is 32.2 Å². The Kier molecular flexibility index (Phi) is 5.38. The van der Waals surface area contributed by atoms with Crippen molar-refractivity contribution in [2.45, 2.75) is 13.1 Å². The molecule has 0 saturated heterocycles. The molecule has 0 aromatic heterocycles. The van der Waals surface area contributed by atoms with Crippen molar-refractivity contribution < 1.29 is 9.13 Å². The summed E-state index contributed by atoms with van der Waals surface area (Å²) in [4.78, 5) is 2.12. The van der Waals surface area contributed by atoms with Gasteiger partial charge in [-0.15, -0.1) is 0 Å². The second kappa shape index (κ2) is 6.58. The molecule has 1 aromatic carbocycles. The molecule has 0 aliphatic carbocycles. The third-order valence-electron chi connectivity index (χ3n) is 2.51. The van der Waals surface area contributed by atoms with Crippen molar-refractivity contribution in [1.82, 2.24) is 4.90 Å². The van der Waals surface area contributed by atoms with Crippen molar-refractivity contribution in [2.24, 2.45) is 5.73 Å². The molecule has 2 N–H and O–H groups in total. The molecule has 3 nitrogen and oxygen atoms in total. The van der Waals surface area contributed by atoms with E-state index in [-0.39, 0.29) is 5.82 Å². The van der Waals surface area contributed by atoms with Gasteiger partial charge in [-0.25, -0.2) is 4.39 Å². The highest BCUT2D eigenvalue weighted by molar-refractivity contribution is 5.27. The first kappa shape index (κ1) is 13.1. The van der Waals surface area contributed by atoms with Crippen LogP contribution >= 0.6 is 0 Å². The van der Waals surface area contributed by atoms with Crippen LogP contribution in [0.2, 0.25) is 0 Å². The average molecular weight is 226 g/mol. The zero-order valence-corrected chi connectivity index (χ0v) is 9.87. The third-order valence-corrected chi connectivity index (χ3v) is 2.51. The molecule has 0 aliphatic rings. The number of hydrogen-bond acceptors (Lipinski definition) is 3. The second-order valence-corrected chi connectivity index (χ2v) is 3.85. The van der Waals surface area contributed by atoms with Crippen molar-refractivity contribution in [3.8, 4) is 0 Å². The lowest BCUT2D eigenvalue weighted by Crippen LogP contribution is -2.23. The van der Waals surface area contributed by atoms with Crippen molar-refractivity contribution in [2.75, 3.05) is 27.3 Å².